The average Bonchev–Trinajstić information content (AvgIpc) is 2.99. The number of benzene rings is 1. The minimum absolute atomic E-state index is 0.00632. The number of hydrogen-bond acceptors (Lipinski definition) is 5. The molecule has 0 unspecified atom stereocenters. The molecule has 1 saturated heterocycles. The van der Waals surface area contributed by atoms with Crippen molar-refractivity contribution in [2.75, 3.05) is 26.2 Å². The highest BCUT2D eigenvalue weighted by Gasteiger charge is 2.38. The number of guanidine groups is 1. The predicted octanol–water partition coefficient (Wildman–Crippen LogP) is 0.718. The monoisotopic (exact) mass is 365 g/mol. The second-order valence-corrected chi connectivity index (χ2v) is 7.93. The zero-order valence-corrected chi connectivity index (χ0v) is 15.0. The Balaban J connectivity index is 1.84. The molecular weight excluding hydrogens is 342 g/mol. The lowest BCUT2D eigenvalue weighted by molar-refractivity contribution is 0.264. The number of phenols is 1. The van der Waals surface area contributed by atoms with Crippen molar-refractivity contribution in [3.8, 4) is 5.75 Å². The topological polar surface area (TPSA) is 106 Å². The molecule has 2 aliphatic rings. The summed E-state index contributed by atoms with van der Waals surface area (Å²) in [7, 11) is -3.89. The molecule has 3 rings (SSSR count). The number of hydrogen-bond donors (Lipinski definition) is 3. The molecule has 1 fully saturated rings. The molecular formula is C16H23N5O3S. The largest absolute Gasteiger partial charge is 0.508 e. The maximum Gasteiger partial charge on any atom is 0.285 e. The third-order valence-corrected chi connectivity index (χ3v) is 5.74. The third-order valence-electron chi connectivity index (χ3n) is 4.46. The number of sulfonamides is 1. The van der Waals surface area contributed by atoms with E-state index >= 15 is 0 Å². The van der Waals surface area contributed by atoms with Crippen LogP contribution in [-0.2, 0) is 10.0 Å². The van der Waals surface area contributed by atoms with Crippen molar-refractivity contribution in [2.24, 2.45) is 14.9 Å². The van der Waals surface area contributed by atoms with Crippen molar-refractivity contribution in [1.82, 2.24) is 15.6 Å². The summed E-state index contributed by atoms with van der Waals surface area (Å²) in [5, 5.41) is 21.7. The van der Waals surface area contributed by atoms with Crippen LogP contribution in [0.3, 0.4) is 0 Å². The lowest BCUT2D eigenvalue weighted by atomic mass is 9.81. The summed E-state index contributed by atoms with van der Waals surface area (Å²) in [5.74, 6) is 0.231. The fraction of sp³-hybridized carbons (Fsp3) is 0.500. The normalized spacial score (nSPS) is 20.2. The Morgan fingerprint density at radius 1 is 1.36 bits per heavy atom. The molecule has 0 radical (unpaired) electrons. The quantitative estimate of drug-likeness (QED) is 0.538. The van der Waals surface area contributed by atoms with Gasteiger partial charge in [-0.1, -0.05) is 0 Å². The summed E-state index contributed by atoms with van der Waals surface area (Å²) in [5.41, 5.74) is -0.0241. The Morgan fingerprint density at radius 2 is 2.04 bits per heavy atom. The zero-order valence-electron chi connectivity index (χ0n) is 14.1. The van der Waals surface area contributed by atoms with Crippen LogP contribution in [-0.4, -0.2) is 56.9 Å². The minimum atomic E-state index is -3.89. The highest BCUT2D eigenvalue weighted by molar-refractivity contribution is 7.90. The summed E-state index contributed by atoms with van der Waals surface area (Å²) >= 11 is 0. The van der Waals surface area contributed by atoms with Crippen LogP contribution in [0.1, 0.15) is 19.8 Å². The Bertz CT molecular complexity index is 767. The van der Waals surface area contributed by atoms with Crippen molar-refractivity contribution in [2.45, 2.75) is 24.7 Å². The Morgan fingerprint density at radius 3 is 2.68 bits per heavy atom. The maximum absolute atomic E-state index is 12.6. The van der Waals surface area contributed by atoms with Gasteiger partial charge < -0.3 is 15.7 Å². The first-order valence-electron chi connectivity index (χ1n) is 8.35. The number of aromatic hydroxyl groups is 1. The van der Waals surface area contributed by atoms with Crippen molar-refractivity contribution in [3.63, 3.8) is 0 Å². The fourth-order valence-corrected chi connectivity index (χ4v) is 4.00. The van der Waals surface area contributed by atoms with Gasteiger partial charge in [-0.2, -0.15) is 13.5 Å². The second-order valence-electron chi connectivity index (χ2n) is 6.33. The number of hydrazone groups is 1. The van der Waals surface area contributed by atoms with E-state index in [1.807, 2.05) is 13.1 Å². The van der Waals surface area contributed by atoms with Crippen LogP contribution >= 0.6 is 0 Å². The molecule has 25 heavy (non-hydrogen) atoms. The van der Waals surface area contributed by atoms with E-state index in [1.165, 1.54) is 24.3 Å². The lowest BCUT2D eigenvalue weighted by Crippen LogP contribution is -2.44. The lowest BCUT2D eigenvalue weighted by Gasteiger charge is -2.32. The highest BCUT2D eigenvalue weighted by Crippen LogP contribution is 2.32. The smallest absolute Gasteiger partial charge is 0.285 e. The van der Waals surface area contributed by atoms with E-state index in [1.54, 1.807) is 5.01 Å². The molecule has 2 aliphatic heterocycles. The van der Waals surface area contributed by atoms with Gasteiger partial charge in [-0.05, 0) is 57.1 Å². The standard InChI is InChI=1S/C16H23N5O3S/c1-2-18-15(20-25(23,24)14-5-3-13(22)4-6-14)21-12-16(11-19-21)7-9-17-10-8-16/h3-6,11,17,22H,2,7-10,12H2,1H3,(H,18,20). The van der Waals surface area contributed by atoms with Crippen LogP contribution in [0.5, 0.6) is 5.75 Å². The van der Waals surface area contributed by atoms with E-state index in [4.69, 9.17) is 0 Å². The van der Waals surface area contributed by atoms with E-state index in [9.17, 15) is 13.5 Å². The average molecular weight is 365 g/mol. The van der Waals surface area contributed by atoms with Gasteiger partial charge in [-0.15, -0.1) is 4.40 Å². The molecule has 0 atom stereocenters. The van der Waals surface area contributed by atoms with Gasteiger partial charge in [0.15, 0.2) is 0 Å². The van der Waals surface area contributed by atoms with Crippen molar-refractivity contribution in [1.29, 1.82) is 0 Å². The molecule has 0 aromatic heterocycles. The summed E-state index contributed by atoms with van der Waals surface area (Å²) in [4.78, 5) is 0.0282. The van der Waals surface area contributed by atoms with Crippen LogP contribution in [0.2, 0.25) is 0 Å². The molecule has 0 bridgehead atoms. The number of nitrogens with one attached hydrogen (secondary N) is 2. The summed E-state index contributed by atoms with van der Waals surface area (Å²) in [6, 6.07) is 5.32. The zero-order chi connectivity index (χ0) is 17.9. The summed E-state index contributed by atoms with van der Waals surface area (Å²) in [6.07, 6.45) is 3.86. The van der Waals surface area contributed by atoms with Gasteiger partial charge in [0.05, 0.1) is 11.4 Å². The van der Waals surface area contributed by atoms with E-state index < -0.39 is 10.0 Å². The van der Waals surface area contributed by atoms with Gasteiger partial charge in [0.2, 0.25) is 5.96 Å². The second kappa shape index (κ2) is 7.01. The molecule has 0 saturated carbocycles. The number of rotatable bonds is 3. The molecule has 1 aromatic rings. The first-order chi connectivity index (χ1) is 11.9. The third kappa shape index (κ3) is 3.93. The Labute approximate surface area is 147 Å². The fourth-order valence-electron chi connectivity index (χ4n) is 3.03. The van der Waals surface area contributed by atoms with Crippen LogP contribution in [0.4, 0.5) is 0 Å². The highest BCUT2D eigenvalue weighted by atomic mass is 32.2. The Kier molecular flexibility index (Phi) is 4.96. The van der Waals surface area contributed by atoms with Gasteiger partial charge in [-0.25, -0.2) is 5.01 Å². The molecule has 3 N–H and O–H groups in total. The van der Waals surface area contributed by atoms with Gasteiger partial charge in [0, 0.05) is 18.2 Å². The number of phenolic OH excluding ortho intramolecular Hbond substituents is 1. The van der Waals surface area contributed by atoms with Crippen LogP contribution < -0.4 is 10.6 Å². The van der Waals surface area contributed by atoms with E-state index in [0.29, 0.717) is 13.1 Å². The van der Waals surface area contributed by atoms with E-state index in [-0.39, 0.29) is 22.0 Å². The minimum Gasteiger partial charge on any atom is -0.508 e. The van der Waals surface area contributed by atoms with E-state index in [2.05, 4.69) is 20.1 Å². The van der Waals surface area contributed by atoms with Crippen molar-refractivity contribution >= 4 is 22.2 Å². The van der Waals surface area contributed by atoms with Crippen LogP contribution in [0, 0.1) is 5.41 Å². The van der Waals surface area contributed by atoms with Crippen LogP contribution in [0.25, 0.3) is 0 Å². The summed E-state index contributed by atoms with van der Waals surface area (Å²) < 4.78 is 29.1. The maximum atomic E-state index is 12.6. The van der Waals surface area contributed by atoms with E-state index in [0.717, 1.165) is 25.9 Å². The molecule has 9 heteroatoms. The van der Waals surface area contributed by atoms with Crippen molar-refractivity contribution in [3.05, 3.63) is 24.3 Å². The molecule has 0 amide bonds. The molecule has 8 nitrogen and oxygen atoms in total. The molecule has 0 aliphatic carbocycles. The molecule has 1 spiro atoms. The predicted molar refractivity (Wildman–Crippen MR) is 96.1 cm³/mol. The number of nitrogens with zero attached hydrogens (tertiary/aromatic N) is 3. The first kappa shape index (κ1) is 17.7. The molecule has 136 valence electrons. The van der Waals surface area contributed by atoms with Crippen molar-refractivity contribution < 1.29 is 13.5 Å². The van der Waals surface area contributed by atoms with Gasteiger partial charge in [-0.3, -0.25) is 0 Å². The SMILES string of the molecule is CCN/C(=N\S(=O)(=O)c1ccc(O)cc1)N1CC2(C=N1)CCNCC2. The van der Waals surface area contributed by atoms with Gasteiger partial charge in [0.1, 0.15) is 5.75 Å². The molecule has 1 aromatic carbocycles. The Hall–Kier alpha value is -2.13. The van der Waals surface area contributed by atoms with Crippen LogP contribution in [0.15, 0.2) is 38.7 Å². The summed E-state index contributed by atoms with van der Waals surface area (Å²) in [6.45, 7) is 4.89. The van der Waals surface area contributed by atoms with Gasteiger partial charge in [0.25, 0.3) is 10.0 Å². The molecule has 2 heterocycles. The number of piperidine rings is 1. The first-order valence-corrected chi connectivity index (χ1v) is 9.79. The van der Waals surface area contributed by atoms with Gasteiger partial charge >= 0.3 is 0 Å².